The molecule has 0 N–H and O–H groups in total. The molecule has 0 radical (unpaired) electrons. The molecule has 1 amide bonds. The van der Waals surface area contributed by atoms with Gasteiger partial charge in [-0.25, -0.2) is 14.0 Å². The van der Waals surface area contributed by atoms with Gasteiger partial charge >= 0.3 is 5.69 Å². The van der Waals surface area contributed by atoms with Crippen LogP contribution in [-0.4, -0.2) is 76.3 Å². The van der Waals surface area contributed by atoms with Gasteiger partial charge < -0.3 is 19.1 Å². The predicted octanol–water partition coefficient (Wildman–Crippen LogP) is 3.21. The van der Waals surface area contributed by atoms with E-state index in [1.807, 2.05) is 6.92 Å². The molecule has 0 bridgehead atoms. The molecule has 4 rings (SSSR count). The lowest BCUT2D eigenvalue weighted by Crippen LogP contribution is -2.56. The number of hydrogen-bond acceptors (Lipinski definition) is 8. The summed E-state index contributed by atoms with van der Waals surface area (Å²) in [7, 11) is 3.14. The summed E-state index contributed by atoms with van der Waals surface area (Å²) in [6.45, 7) is 12.7. The van der Waals surface area contributed by atoms with Crippen LogP contribution in [-0.2, 0) is 31.1 Å². The van der Waals surface area contributed by atoms with Crippen LogP contribution in [0.3, 0.4) is 0 Å². The fraction of sp³-hybridized carbons (Fsp3) is 0.517. The molecule has 3 aromatic heterocycles. The van der Waals surface area contributed by atoms with Crippen LogP contribution in [0.25, 0.3) is 15.2 Å². The first-order valence-electron chi connectivity index (χ1n) is 13.6. The summed E-state index contributed by atoms with van der Waals surface area (Å²) in [6.07, 6.45) is 6.23. The molecule has 12 heteroatoms. The van der Waals surface area contributed by atoms with Crippen LogP contribution < -0.4 is 11.2 Å². The van der Waals surface area contributed by atoms with E-state index in [1.54, 1.807) is 69.1 Å². The zero-order valence-corrected chi connectivity index (χ0v) is 25.5. The largest absolute Gasteiger partial charge is 0.501 e. The van der Waals surface area contributed by atoms with E-state index < -0.39 is 22.9 Å². The van der Waals surface area contributed by atoms with Crippen molar-refractivity contribution in [3.63, 3.8) is 0 Å². The van der Waals surface area contributed by atoms with Gasteiger partial charge in [-0.05, 0) is 46.6 Å². The topological polar surface area (TPSA) is 110 Å². The van der Waals surface area contributed by atoms with Crippen LogP contribution >= 0.6 is 11.3 Å². The van der Waals surface area contributed by atoms with Crippen molar-refractivity contribution in [1.82, 2.24) is 23.8 Å². The van der Waals surface area contributed by atoms with Crippen molar-refractivity contribution in [3.8, 4) is 5.00 Å². The smallest absolute Gasteiger partial charge is 0.333 e. The number of aryl methyl sites for hydroxylation is 1. The Bertz CT molecular complexity index is 1560. The third-order valence-electron chi connectivity index (χ3n) is 7.61. The average molecular weight is 586 g/mol. The number of thiophene rings is 1. The number of carbonyl (C=O) groups excluding carboxylic acids is 1. The Morgan fingerprint density at radius 3 is 2.51 bits per heavy atom. The maximum Gasteiger partial charge on any atom is 0.333 e. The van der Waals surface area contributed by atoms with Crippen LogP contribution in [0.15, 0.2) is 52.0 Å². The van der Waals surface area contributed by atoms with E-state index in [0.29, 0.717) is 51.8 Å². The van der Waals surface area contributed by atoms with Gasteiger partial charge in [0.1, 0.15) is 21.5 Å². The number of hydrogen-bond donors (Lipinski definition) is 0. The second kappa shape index (κ2) is 12.6. The molecule has 0 spiro atoms. The molecular weight excluding hydrogens is 546 g/mol. The van der Waals surface area contributed by atoms with E-state index >= 15 is 0 Å². The van der Waals surface area contributed by atoms with Crippen molar-refractivity contribution in [2.45, 2.75) is 58.7 Å². The van der Waals surface area contributed by atoms with Gasteiger partial charge in [0.15, 0.2) is 0 Å². The highest BCUT2D eigenvalue weighted by Gasteiger charge is 2.39. The highest BCUT2D eigenvalue weighted by atomic mass is 32.1. The maximum atomic E-state index is 14.4. The first-order chi connectivity index (χ1) is 19.6. The fourth-order valence-electron chi connectivity index (χ4n) is 5.30. The van der Waals surface area contributed by atoms with Crippen molar-refractivity contribution in [3.05, 3.63) is 68.8 Å². The second-order valence-electron chi connectivity index (χ2n) is 10.5. The lowest BCUT2D eigenvalue weighted by molar-refractivity contribution is -0.138. The van der Waals surface area contributed by atoms with Gasteiger partial charge in [0, 0.05) is 43.7 Å². The van der Waals surface area contributed by atoms with Crippen molar-refractivity contribution < 1.29 is 19.0 Å². The van der Waals surface area contributed by atoms with Gasteiger partial charge in [-0.15, -0.1) is 0 Å². The molecule has 1 saturated heterocycles. The molecule has 222 valence electrons. The summed E-state index contributed by atoms with van der Waals surface area (Å²) in [5.74, 6) is 0.333. The number of rotatable bonds is 12. The minimum Gasteiger partial charge on any atom is -0.501 e. The van der Waals surface area contributed by atoms with Gasteiger partial charge in [0.05, 0.1) is 38.0 Å². The van der Waals surface area contributed by atoms with Gasteiger partial charge in [0.2, 0.25) is 5.91 Å². The highest BCUT2D eigenvalue weighted by Crippen LogP contribution is 2.32. The van der Waals surface area contributed by atoms with Crippen LogP contribution in [0.5, 0.6) is 0 Å². The molecule has 41 heavy (non-hydrogen) atoms. The summed E-state index contributed by atoms with van der Waals surface area (Å²) < 4.78 is 21.2. The Labute approximate surface area is 243 Å². The number of likely N-dealkylation sites (tertiary alicyclic amines) is 1. The monoisotopic (exact) mass is 585 g/mol. The molecule has 0 unspecified atom stereocenters. The molecule has 0 aliphatic carbocycles. The van der Waals surface area contributed by atoms with Gasteiger partial charge in [-0.1, -0.05) is 24.0 Å². The molecule has 4 heterocycles. The predicted molar refractivity (Wildman–Crippen MR) is 159 cm³/mol. The number of ether oxygens (including phenoxy) is 3. The lowest BCUT2D eigenvalue weighted by atomic mass is 10.0. The fourth-order valence-corrected chi connectivity index (χ4v) is 6.54. The van der Waals surface area contributed by atoms with Gasteiger partial charge in [-0.2, -0.15) is 5.10 Å². The molecule has 1 fully saturated rings. The third kappa shape index (κ3) is 5.68. The van der Waals surface area contributed by atoms with Crippen molar-refractivity contribution in [2.75, 3.05) is 40.5 Å². The molecule has 0 aromatic carbocycles. The minimum absolute atomic E-state index is 0.0495. The van der Waals surface area contributed by atoms with E-state index in [0.717, 1.165) is 17.4 Å². The number of fused-ring (bicyclic) bond motifs is 1. The minimum atomic E-state index is -1.42. The Morgan fingerprint density at radius 2 is 1.93 bits per heavy atom. The van der Waals surface area contributed by atoms with Crippen LogP contribution in [0.1, 0.15) is 39.2 Å². The zero-order chi connectivity index (χ0) is 29.9. The summed E-state index contributed by atoms with van der Waals surface area (Å²) >= 11 is 1.29. The van der Waals surface area contributed by atoms with E-state index in [4.69, 9.17) is 14.2 Å². The molecule has 1 aliphatic heterocycles. The van der Waals surface area contributed by atoms with Crippen molar-refractivity contribution in [1.29, 1.82) is 0 Å². The Kier molecular flexibility index (Phi) is 9.35. The maximum absolute atomic E-state index is 14.4. The third-order valence-corrected chi connectivity index (χ3v) is 8.91. The Hall–Kier alpha value is -3.48. The summed E-state index contributed by atoms with van der Waals surface area (Å²) in [5, 5.41) is 5.43. The Morgan fingerprint density at radius 1 is 1.22 bits per heavy atom. The van der Waals surface area contributed by atoms with Crippen LogP contribution in [0, 0.1) is 6.92 Å². The molecule has 3 aromatic rings. The van der Waals surface area contributed by atoms with E-state index in [1.165, 1.54) is 15.9 Å². The molecule has 0 saturated carbocycles. The average Bonchev–Trinajstić information content (AvgIpc) is 3.72. The zero-order valence-electron chi connectivity index (χ0n) is 24.6. The van der Waals surface area contributed by atoms with E-state index in [9.17, 15) is 14.4 Å². The molecule has 1 atom stereocenters. The first kappa shape index (κ1) is 30.5. The van der Waals surface area contributed by atoms with Gasteiger partial charge in [0.25, 0.3) is 5.56 Å². The number of amides is 1. The lowest BCUT2D eigenvalue weighted by Gasteiger charge is -2.31. The van der Waals surface area contributed by atoms with Crippen molar-refractivity contribution in [2.24, 2.45) is 0 Å². The van der Waals surface area contributed by atoms with Gasteiger partial charge in [-0.3, -0.25) is 14.2 Å². The number of nitrogens with zero attached hydrogens (tertiary/aromatic N) is 5. The highest BCUT2D eigenvalue weighted by molar-refractivity contribution is 7.21. The van der Waals surface area contributed by atoms with Crippen LogP contribution in [0.2, 0.25) is 0 Å². The number of allylic oxidation sites excluding steroid dienone is 1. The molecule has 1 aliphatic rings. The quantitative estimate of drug-likeness (QED) is 0.182. The number of methoxy groups -OCH3 is 2. The van der Waals surface area contributed by atoms with E-state index in [-0.39, 0.29) is 19.1 Å². The normalized spacial score (nSPS) is 15.3. The molecular formula is C29H39N5O6S. The standard InChI is InChI=1S/C29H39N5O6S/c1-8-21(20(3)39-7)22(40-17-16-38-6)18-32-26-23(19(2)25(41-26)33-15-11-12-30-33)24(35)34(28(32)37)29(4,5)27(36)31-13-9-10-14-31/h8,11-12,15,22H,1,9-10,13-14,16-18H2,2-7H3/b21-20-/t22-/m0/s1. The van der Waals surface area contributed by atoms with Crippen molar-refractivity contribution >= 4 is 27.5 Å². The summed E-state index contributed by atoms with van der Waals surface area (Å²) in [6, 6.07) is 1.79. The first-order valence-corrected chi connectivity index (χ1v) is 14.5. The number of aromatic nitrogens is 4. The van der Waals surface area contributed by atoms with E-state index in [2.05, 4.69) is 11.7 Å². The molecule has 11 nitrogen and oxygen atoms in total. The number of carbonyl (C=O) groups is 1. The summed E-state index contributed by atoms with van der Waals surface area (Å²) in [5.41, 5.74) is -1.17. The Balaban J connectivity index is 2.00. The summed E-state index contributed by atoms with van der Waals surface area (Å²) in [4.78, 5) is 44.5. The SMILES string of the molecule is C=C/C(=C(\C)OC)[C@H](Cn1c(=O)n(C(C)(C)C(=O)N2CCCC2)c(=O)c2c(C)c(-n3cccn3)sc21)OCCOC. The second-order valence-corrected chi connectivity index (χ2v) is 11.5. The van der Waals surface area contributed by atoms with Crippen LogP contribution in [0.4, 0.5) is 0 Å².